The number of Topliss-reactive ketones (excluding diaryl/α,β-unsaturated/α-hetero) is 1. The smallest absolute Gasteiger partial charge is 0.408 e. The number of alkyl carbamates (subject to hydrolysis) is 1. The first kappa shape index (κ1) is 17.9. The lowest BCUT2D eigenvalue weighted by Gasteiger charge is -2.22. The Bertz CT molecular complexity index is 693. The molecule has 2 aromatic heterocycles. The Hall–Kier alpha value is -2.48. The molecule has 2 rings (SSSR count). The van der Waals surface area contributed by atoms with Crippen molar-refractivity contribution >= 4 is 29.0 Å². The van der Waals surface area contributed by atoms with Gasteiger partial charge >= 0.3 is 6.09 Å². The standard InChI is InChI=1S/C16H20N4O3S/c1-16(2,3)23-15(22)20-11(13(21)14-18-6-7-24-14)8-10-4-5-12(17)19-9-10/h4-7,9,11H,8H2,1-3H3,(H2,17,19)(H,20,22)/t11-/m0/s1. The van der Waals surface area contributed by atoms with Gasteiger partial charge in [0.25, 0.3) is 0 Å². The van der Waals surface area contributed by atoms with E-state index in [4.69, 9.17) is 10.5 Å². The summed E-state index contributed by atoms with van der Waals surface area (Å²) in [6, 6.07) is 2.62. The van der Waals surface area contributed by atoms with E-state index in [1.165, 1.54) is 11.3 Å². The summed E-state index contributed by atoms with van der Waals surface area (Å²) in [4.78, 5) is 32.7. The lowest BCUT2D eigenvalue weighted by Crippen LogP contribution is -2.44. The Morgan fingerprint density at radius 1 is 1.33 bits per heavy atom. The van der Waals surface area contributed by atoms with Crippen LogP contribution >= 0.6 is 11.3 Å². The maximum atomic E-state index is 12.6. The molecule has 0 radical (unpaired) electrons. The molecular formula is C16H20N4O3S. The van der Waals surface area contributed by atoms with Crippen LogP contribution in [0.15, 0.2) is 29.9 Å². The Kier molecular flexibility index (Phi) is 5.50. The van der Waals surface area contributed by atoms with Gasteiger partial charge in [-0.1, -0.05) is 6.07 Å². The van der Waals surface area contributed by atoms with Crippen LogP contribution in [-0.2, 0) is 11.2 Å². The minimum Gasteiger partial charge on any atom is -0.444 e. The first-order chi connectivity index (χ1) is 11.2. The number of nitrogens with two attached hydrogens (primary N) is 1. The summed E-state index contributed by atoms with van der Waals surface area (Å²) < 4.78 is 5.24. The number of ether oxygens (including phenoxy) is 1. The van der Waals surface area contributed by atoms with Crippen molar-refractivity contribution in [3.05, 3.63) is 40.5 Å². The normalized spacial score (nSPS) is 12.5. The van der Waals surface area contributed by atoms with Crippen LogP contribution in [0.5, 0.6) is 0 Å². The molecule has 0 unspecified atom stereocenters. The second-order valence-electron chi connectivity index (χ2n) is 6.20. The van der Waals surface area contributed by atoms with Crippen LogP contribution in [0.3, 0.4) is 0 Å². The van der Waals surface area contributed by atoms with Crippen molar-refractivity contribution < 1.29 is 14.3 Å². The van der Waals surface area contributed by atoms with Crippen LogP contribution in [0, 0.1) is 0 Å². The maximum Gasteiger partial charge on any atom is 0.408 e. The molecule has 8 heteroatoms. The second-order valence-corrected chi connectivity index (χ2v) is 7.09. The van der Waals surface area contributed by atoms with E-state index in [0.29, 0.717) is 10.8 Å². The van der Waals surface area contributed by atoms with Crippen LogP contribution in [0.4, 0.5) is 10.6 Å². The minimum atomic E-state index is -0.795. The van der Waals surface area contributed by atoms with Gasteiger partial charge in [0.15, 0.2) is 5.01 Å². The van der Waals surface area contributed by atoms with E-state index in [2.05, 4.69) is 15.3 Å². The predicted molar refractivity (Wildman–Crippen MR) is 92.0 cm³/mol. The number of nitrogens with zero attached hydrogens (tertiary/aromatic N) is 2. The number of ketones is 1. The van der Waals surface area contributed by atoms with Gasteiger partial charge in [-0.2, -0.15) is 0 Å². The number of pyridine rings is 1. The van der Waals surface area contributed by atoms with E-state index in [1.54, 1.807) is 50.7 Å². The zero-order valence-corrected chi connectivity index (χ0v) is 14.6. The first-order valence-electron chi connectivity index (χ1n) is 7.38. The van der Waals surface area contributed by atoms with Crippen LogP contribution in [0.2, 0.25) is 0 Å². The fraction of sp³-hybridized carbons (Fsp3) is 0.375. The summed E-state index contributed by atoms with van der Waals surface area (Å²) in [5, 5.41) is 4.67. The highest BCUT2D eigenvalue weighted by Crippen LogP contribution is 2.13. The molecule has 0 bridgehead atoms. The third-order valence-corrected chi connectivity index (χ3v) is 3.73. The zero-order chi connectivity index (χ0) is 17.7. The number of hydrogen-bond acceptors (Lipinski definition) is 7. The largest absolute Gasteiger partial charge is 0.444 e. The highest BCUT2D eigenvalue weighted by molar-refractivity contribution is 7.11. The number of hydrogen-bond donors (Lipinski definition) is 2. The van der Waals surface area contributed by atoms with Crippen molar-refractivity contribution in [1.29, 1.82) is 0 Å². The lowest BCUT2D eigenvalue weighted by atomic mass is 10.0. The molecule has 2 heterocycles. The molecule has 1 atom stereocenters. The molecule has 24 heavy (non-hydrogen) atoms. The van der Waals surface area contributed by atoms with E-state index in [0.717, 1.165) is 5.56 Å². The molecule has 0 spiro atoms. The number of aromatic nitrogens is 2. The van der Waals surface area contributed by atoms with E-state index in [1.807, 2.05) is 0 Å². The molecule has 0 aliphatic carbocycles. The third kappa shape index (κ3) is 5.31. The van der Waals surface area contributed by atoms with Gasteiger partial charge in [0.1, 0.15) is 17.5 Å². The molecule has 0 saturated carbocycles. The summed E-state index contributed by atoms with van der Waals surface area (Å²) >= 11 is 1.22. The van der Waals surface area contributed by atoms with Crippen molar-refractivity contribution in [1.82, 2.24) is 15.3 Å². The number of nitrogen functional groups attached to an aromatic ring is 1. The van der Waals surface area contributed by atoms with E-state index in [9.17, 15) is 9.59 Å². The van der Waals surface area contributed by atoms with E-state index in [-0.39, 0.29) is 12.2 Å². The first-order valence-corrected chi connectivity index (χ1v) is 8.26. The topological polar surface area (TPSA) is 107 Å². The highest BCUT2D eigenvalue weighted by Gasteiger charge is 2.27. The molecule has 7 nitrogen and oxygen atoms in total. The molecule has 1 amide bonds. The number of amides is 1. The number of nitrogens with one attached hydrogen (secondary N) is 1. The van der Waals surface area contributed by atoms with Gasteiger partial charge in [0.05, 0.1) is 0 Å². The number of thiazole rings is 1. The Balaban J connectivity index is 2.16. The van der Waals surface area contributed by atoms with Gasteiger partial charge in [-0.25, -0.2) is 14.8 Å². The molecule has 0 aromatic carbocycles. The van der Waals surface area contributed by atoms with E-state index < -0.39 is 17.7 Å². The van der Waals surface area contributed by atoms with Crippen LogP contribution in [-0.4, -0.2) is 33.5 Å². The van der Waals surface area contributed by atoms with Gasteiger partial charge < -0.3 is 15.8 Å². The van der Waals surface area contributed by atoms with Gasteiger partial charge in [-0.3, -0.25) is 4.79 Å². The SMILES string of the molecule is CC(C)(C)OC(=O)N[C@@H](Cc1ccc(N)nc1)C(=O)c1nccs1. The van der Waals surface area contributed by atoms with Gasteiger partial charge in [0.2, 0.25) is 5.78 Å². The second kappa shape index (κ2) is 7.39. The van der Waals surface area contributed by atoms with Crippen molar-refractivity contribution in [3.63, 3.8) is 0 Å². The van der Waals surface area contributed by atoms with Crippen molar-refractivity contribution in [2.45, 2.75) is 38.8 Å². The molecule has 0 fully saturated rings. The number of rotatable bonds is 5. The summed E-state index contributed by atoms with van der Waals surface area (Å²) in [6.45, 7) is 5.27. The molecule has 3 N–H and O–H groups in total. The quantitative estimate of drug-likeness (QED) is 0.804. The number of anilines is 1. The lowest BCUT2D eigenvalue weighted by molar-refractivity contribution is 0.0491. The fourth-order valence-electron chi connectivity index (χ4n) is 1.95. The van der Waals surface area contributed by atoms with Crippen LogP contribution < -0.4 is 11.1 Å². The van der Waals surface area contributed by atoms with Crippen molar-refractivity contribution in [2.75, 3.05) is 5.73 Å². The van der Waals surface area contributed by atoms with E-state index >= 15 is 0 Å². The summed E-state index contributed by atoms with van der Waals surface area (Å²) in [6.07, 6.45) is 2.74. The third-order valence-electron chi connectivity index (χ3n) is 2.94. The molecular weight excluding hydrogens is 328 g/mol. The average Bonchev–Trinajstić information content (AvgIpc) is 3.00. The van der Waals surface area contributed by atoms with Crippen LogP contribution in [0.25, 0.3) is 0 Å². The Morgan fingerprint density at radius 2 is 2.08 bits per heavy atom. The van der Waals surface area contributed by atoms with Crippen molar-refractivity contribution in [3.8, 4) is 0 Å². The Labute approximate surface area is 144 Å². The van der Waals surface area contributed by atoms with Gasteiger partial charge in [0, 0.05) is 24.2 Å². The monoisotopic (exact) mass is 348 g/mol. The van der Waals surface area contributed by atoms with Crippen LogP contribution in [0.1, 0.15) is 36.1 Å². The molecule has 0 saturated heterocycles. The van der Waals surface area contributed by atoms with Crippen molar-refractivity contribution in [2.24, 2.45) is 0 Å². The molecule has 128 valence electrons. The average molecular weight is 348 g/mol. The molecule has 2 aromatic rings. The Morgan fingerprint density at radius 3 is 2.62 bits per heavy atom. The molecule has 0 aliphatic heterocycles. The molecule has 0 aliphatic rings. The van der Waals surface area contributed by atoms with Gasteiger partial charge in [-0.15, -0.1) is 11.3 Å². The maximum absolute atomic E-state index is 12.6. The number of carbonyl (C=O) groups excluding carboxylic acids is 2. The number of carbonyl (C=O) groups is 2. The predicted octanol–water partition coefficient (Wildman–Crippen LogP) is 2.44. The highest BCUT2D eigenvalue weighted by atomic mass is 32.1. The summed E-state index contributed by atoms with van der Waals surface area (Å²) in [7, 11) is 0. The van der Waals surface area contributed by atoms with Gasteiger partial charge in [-0.05, 0) is 32.4 Å². The fourth-order valence-corrected chi connectivity index (χ4v) is 2.58. The summed E-state index contributed by atoms with van der Waals surface area (Å²) in [5.41, 5.74) is 5.69. The summed E-state index contributed by atoms with van der Waals surface area (Å²) in [5.74, 6) is 0.120. The minimum absolute atomic E-state index is 0.269. The zero-order valence-electron chi connectivity index (χ0n) is 13.8.